The Kier molecular flexibility index (Phi) is 4.95. The number of carbonyl (C=O) groups excluding carboxylic acids is 1. The fraction of sp³-hybridized carbons (Fsp3) is 0.278. The highest BCUT2D eigenvalue weighted by atomic mass is 16.2. The molecule has 2 aromatic heterocycles. The highest BCUT2D eigenvalue weighted by Crippen LogP contribution is 2.14. The Hall–Kier alpha value is -2.93. The lowest BCUT2D eigenvalue weighted by Gasteiger charge is -2.11. The second-order valence-corrected chi connectivity index (χ2v) is 6.27. The largest absolute Gasteiger partial charge is 0.334 e. The third-order valence-electron chi connectivity index (χ3n) is 3.81. The number of urea groups is 1. The molecular weight excluding hydrogens is 316 g/mol. The van der Waals surface area contributed by atoms with Crippen LogP contribution in [-0.4, -0.2) is 39.6 Å². The monoisotopic (exact) mass is 338 g/mol. The van der Waals surface area contributed by atoms with E-state index in [1.165, 1.54) is 0 Å². The van der Waals surface area contributed by atoms with E-state index in [1.807, 2.05) is 56.0 Å². The Bertz CT molecular complexity index is 886. The van der Waals surface area contributed by atoms with Crippen LogP contribution >= 0.6 is 0 Å². The van der Waals surface area contributed by atoms with Gasteiger partial charge in [-0.05, 0) is 49.5 Å². The first kappa shape index (κ1) is 16.9. The number of hydrogen-bond donors (Lipinski definition) is 2. The van der Waals surface area contributed by atoms with Gasteiger partial charge in [-0.1, -0.05) is 6.07 Å². The van der Waals surface area contributed by atoms with Gasteiger partial charge in [0.2, 0.25) is 0 Å². The maximum absolute atomic E-state index is 12.1. The normalized spacial score (nSPS) is 11.0. The number of imidazole rings is 1. The second kappa shape index (κ2) is 7.31. The molecule has 25 heavy (non-hydrogen) atoms. The van der Waals surface area contributed by atoms with E-state index < -0.39 is 0 Å². The average Bonchev–Trinajstić information content (AvgIpc) is 2.93. The number of fused-ring (bicyclic) bond motifs is 1. The molecule has 1 aromatic carbocycles. The summed E-state index contributed by atoms with van der Waals surface area (Å²) in [5.74, 6) is 0.539. The summed E-state index contributed by atoms with van der Waals surface area (Å²) < 4.78 is 1.96. The number of aryl methyl sites for hydroxylation is 1. The molecule has 0 atom stereocenters. The SMILES string of the molecule is CN(C)Cc1ccnc(NC(=O)NCc2ccc3c(c2)ncn3C)c1. The van der Waals surface area contributed by atoms with Gasteiger partial charge in [-0.25, -0.2) is 14.8 Å². The van der Waals surface area contributed by atoms with Crippen molar-refractivity contribution in [1.82, 2.24) is 24.8 Å². The standard InChI is InChI=1S/C18H22N6O/c1-23(2)11-14-6-7-19-17(9-14)22-18(25)20-10-13-4-5-16-15(8-13)21-12-24(16)3/h4-9,12H,10-11H2,1-3H3,(H2,19,20,22,25). The number of nitrogens with one attached hydrogen (secondary N) is 2. The van der Waals surface area contributed by atoms with Crippen molar-refractivity contribution in [1.29, 1.82) is 0 Å². The first-order valence-electron chi connectivity index (χ1n) is 8.06. The number of benzene rings is 1. The Morgan fingerprint density at radius 2 is 2.00 bits per heavy atom. The molecule has 2 heterocycles. The van der Waals surface area contributed by atoms with Crippen LogP contribution in [0.2, 0.25) is 0 Å². The molecular formula is C18H22N6O. The summed E-state index contributed by atoms with van der Waals surface area (Å²) in [4.78, 5) is 22.7. The zero-order valence-corrected chi connectivity index (χ0v) is 14.7. The molecule has 0 aliphatic heterocycles. The van der Waals surface area contributed by atoms with Crippen LogP contribution in [0.15, 0.2) is 42.9 Å². The summed E-state index contributed by atoms with van der Waals surface area (Å²) in [6, 6.07) is 9.50. The van der Waals surface area contributed by atoms with Crippen molar-refractivity contribution in [2.75, 3.05) is 19.4 Å². The number of hydrogen-bond acceptors (Lipinski definition) is 4. The van der Waals surface area contributed by atoms with Crippen molar-refractivity contribution in [2.45, 2.75) is 13.1 Å². The lowest BCUT2D eigenvalue weighted by atomic mass is 10.2. The van der Waals surface area contributed by atoms with Gasteiger partial charge < -0.3 is 14.8 Å². The third kappa shape index (κ3) is 4.33. The molecule has 0 aliphatic carbocycles. The molecule has 0 saturated heterocycles. The van der Waals surface area contributed by atoms with E-state index in [0.29, 0.717) is 12.4 Å². The first-order valence-corrected chi connectivity index (χ1v) is 8.06. The van der Waals surface area contributed by atoms with Gasteiger partial charge in [-0.15, -0.1) is 0 Å². The molecule has 0 fully saturated rings. The maximum atomic E-state index is 12.1. The number of anilines is 1. The van der Waals surface area contributed by atoms with E-state index in [1.54, 1.807) is 12.5 Å². The summed E-state index contributed by atoms with van der Waals surface area (Å²) in [5.41, 5.74) is 4.07. The smallest absolute Gasteiger partial charge is 0.320 e. The van der Waals surface area contributed by atoms with Crippen molar-refractivity contribution in [3.63, 3.8) is 0 Å². The third-order valence-corrected chi connectivity index (χ3v) is 3.81. The Labute approximate surface area is 146 Å². The van der Waals surface area contributed by atoms with E-state index in [2.05, 4.69) is 25.5 Å². The van der Waals surface area contributed by atoms with Crippen LogP contribution in [0, 0.1) is 0 Å². The van der Waals surface area contributed by atoms with Crippen molar-refractivity contribution < 1.29 is 4.79 Å². The maximum Gasteiger partial charge on any atom is 0.320 e. The molecule has 0 saturated carbocycles. The first-order chi connectivity index (χ1) is 12.0. The lowest BCUT2D eigenvalue weighted by molar-refractivity contribution is 0.251. The average molecular weight is 338 g/mol. The number of aromatic nitrogens is 3. The molecule has 0 radical (unpaired) electrons. The summed E-state index contributed by atoms with van der Waals surface area (Å²) in [6.07, 6.45) is 3.48. The van der Waals surface area contributed by atoms with Gasteiger partial charge >= 0.3 is 6.03 Å². The molecule has 2 N–H and O–H groups in total. The minimum absolute atomic E-state index is 0.282. The lowest BCUT2D eigenvalue weighted by Crippen LogP contribution is -2.28. The zero-order chi connectivity index (χ0) is 17.8. The number of carbonyl (C=O) groups is 1. The molecule has 7 nitrogen and oxygen atoms in total. The van der Waals surface area contributed by atoms with Crippen molar-refractivity contribution in [3.8, 4) is 0 Å². The van der Waals surface area contributed by atoms with E-state index >= 15 is 0 Å². The number of pyridine rings is 1. The minimum atomic E-state index is -0.282. The fourth-order valence-electron chi connectivity index (χ4n) is 2.64. The molecule has 3 rings (SSSR count). The van der Waals surface area contributed by atoms with E-state index in [0.717, 1.165) is 28.7 Å². The van der Waals surface area contributed by atoms with Gasteiger partial charge in [0.05, 0.1) is 17.4 Å². The van der Waals surface area contributed by atoms with Crippen LogP contribution in [0.1, 0.15) is 11.1 Å². The summed E-state index contributed by atoms with van der Waals surface area (Å²) in [6.45, 7) is 1.22. The van der Waals surface area contributed by atoms with Gasteiger partial charge in [-0.3, -0.25) is 5.32 Å². The highest BCUT2D eigenvalue weighted by molar-refractivity contribution is 5.88. The molecule has 7 heteroatoms. The van der Waals surface area contributed by atoms with Gasteiger partial charge in [-0.2, -0.15) is 0 Å². The fourth-order valence-corrected chi connectivity index (χ4v) is 2.64. The van der Waals surface area contributed by atoms with Crippen LogP contribution in [0.3, 0.4) is 0 Å². The van der Waals surface area contributed by atoms with Crippen molar-refractivity contribution in [3.05, 3.63) is 54.0 Å². The predicted molar refractivity (Wildman–Crippen MR) is 98.2 cm³/mol. The Morgan fingerprint density at radius 3 is 2.80 bits per heavy atom. The highest BCUT2D eigenvalue weighted by Gasteiger charge is 2.06. The molecule has 0 bridgehead atoms. The number of nitrogens with zero attached hydrogens (tertiary/aromatic N) is 4. The van der Waals surface area contributed by atoms with Crippen LogP contribution in [0.4, 0.5) is 10.6 Å². The summed E-state index contributed by atoms with van der Waals surface area (Å²) in [5, 5.41) is 5.61. The molecule has 130 valence electrons. The van der Waals surface area contributed by atoms with Gasteiger partial charge in [0.1, 0.15) is 5.82 Å². The van der Waals surface area contributed by atoms with E-state index in [-0.39, 0.29) is 6.03 Å². The summed E-state index contributed by atoms with van der Waals surface area (Å²) in [7, 11) is 5.95. The van der Waals surface area contributed by atoms with Crippen molar-refractivity contribution in [2.24, 2.45) is 7.05 Å². The molecule has 0 spiro atoms. The van der Waals surface area contributed by atoms with Crippen LogP contribution in [0.25, 0.3) is 11.0 Å². The van der Waals surface area contributed by atoms with E-state index in [9.17, 15) is 4.79 Å². The summed E-state index contributed by atoms with van der Waals surface area (Å²) >= 11 is 0. The minimum Gasteiger partial charge on any atom is -0.334 e. The van der Waals surface area contributed by atoms with Crippen LogP contribution < -0.4 is 10.6 Å². The Balaban J connectivity index is 1.58. The van der Waals surface area contributed by atoms with Crippen LogP contribution in [-0.2, 0) is 20.1 Å². The quantitative estimate of drug-likeness (QED) is 0.749. The number of rotatable bonds is 5. The molecule has 0 unspecified atom stereocenters. The number of amides is 2. The van der Waals surface area contributed by atoms with Crippen molar-refractivity contribution >= 4 is 22.9 Å². The molecule has 0 aliphatic rings. The molecule has 3 aromatic rings. The van der Waals surface area contributed by atoms with E-state index in [4.69, 9.17) is 0 Å². The Morgan fingerprint density at radius 1 is 1.16 bits per heavy atom. The molecule has 2 amide bonds. The van der Waals surface area contributed by atoms with Gasteiger partial charge in [0, 0.05) is 26.3 Å². The topological polar surface area (TPSA) is 75.1 Å². The van der Waals surface area contributed by atoms with Gasteiger partial charge in [0.25, 0.3) is 0 Å². The van der Waals surface area contributed by atoms with Crippen LogP contribution in [0.5, 0.6) is 0 Å². The second-order valence-electron chi connectivity index (χ2n) is 6.27. The predicted octanol–water partition coefficient (Wildman–Crippen LogP) is 2.35. The zero-order valence-electron chi connectivity index (χ0n) is 14.7. The van der Waals surface area contributed by atoms with Gasteiger partial charge in [0.15, 0.2) is 0 Å².